The summed E-state index contributed by atoms with van der Waals surface area (Å²) in [5.41, 5.74) is 1.26. The highest BCUT2D eigenvalue weighted by Gasteiger charge is 2.24. The molecule has 0 fully saturated rings. The molecule has 164 valence electrons. The summed E-state index contributed by atoms with van der Waals surface area (Å²) in [5.74, 6) is 0.669. The second kappa shape index (κ2) is 7.88. The maximum absolute atomic E-state index is 12.8. The van der Waals surface area contributed by atoms with Crippen molar-refractivity contribution in [3.8, 4) is 16.9 Å². The van der Waals surface area contributed by atoms with Crippen LogP contribution in [0, 0.1) is 0 Å². The van der Waals surface area contributed by atoms with Gasteiger partial charge in [0.25, 0.3) is 0 Å². The summed E-state index contributed by atoms with van der Waals surface area (Å²) >= 11 is 7.80. The first-order chi connectivity index (χ1) is 16.0. The summed E-state index contributed by atoms with van der Waals surface area (Å²) in [6.45, 7) is 1.72. The van der Waals surface area contributed by atoms with Gasteiger partial charge in [-0.05, 0) is 47.8 Å². The molecule has 6 rings (SSSR count). The maximum atomic E-state index is 12.8. The molecule has 8 heteroatoms. The zero-order valence-electron chi connectivity index (χ0n) is 17.2. The molecule has 0 saturated carbocycles. The number of ether oxygens (including phenoxy) is 1. The van der Waals surface area contributed by atoms with Crippen molar-refractivity contribution in [3.05, 3.63) is 96.3 Å². The van der Waals surface area contributed by atoms with Crippen LogP contribution in [0.2, 0.25) is 5.02 Å². The lowest BCUT2D eigenvalue weighted by Gasteiger charge is -2.29. The normalized spacial score (nSPS) is 13.8. The molecule has 4 heterocycles. The van der Waals surface area contributed by atoms with Gasteiger partial charge in [-0.2, -0.15) is 0 Å². The minimum atomic E-state index is -0.549. The van der Waals surface area contributed by atoms with E-state index in [9.17, 15) is 9.59 Å². The summed E-state index contributed by atoms with van der Waals surface area (Å²) in [7, 11) is 0. The van der Waals surface area contributed by atoms with E-state index < -0.39 is 11.3 Å². The maximum Gasteiger partial charge on any atom is 0.344 e. The van der Waals surface area contributed by atoms with Gasteiger partial charge in [-0.3, -0.25) is 4.90 Å². The highest BCUT2D eigenvalue weighted by Crippen LogP contribution is 2.36. The average Bonchev–Trinajstić information content (AvgIpc) is 3.31. The van der Waals surface area contributed by atoms with E-state index in [1.165, 1.54) is 10.9 Å². The lowest BCUT2D eigenvalue weighted by molar-refractivity contribution is 0.0899. The second-order valence-electron chi connectivity index (χ2n) is 7.87. The Bertz CT molecular complexity index is 1640. The number of thiophene rings is 1. The monoisotopic (exact) mass is 477 g/mol. The molecule has 0 unspecified atom stereocenters. The molecule has 5 aromatic rings. The lowest BCUT2D eigenvalue weighted by Crippen LogP contribution is -2.31. The molecule has 1 aliphatic heterocycles. The van der Waals surface area contributed by atoms with Crippen molar-refractivity contribution in [1.82, 2.24) is 4.90 Å². The fourth-order valence-corrected chi connectivity index (χ4v) is 5.14. The summed E-state index contributed by atoms with van der Waals surface area (Å²) in [4.78, 5) is 28.7. The lowest BCUT2D eigenvalue weighted by atomic mass is 9.99. The van der Waals surface area contributed by atoms with Crippen molar-refractivity contribution >= 4 is 44.9 Å². The summed E-state index contributed by atoms with van der Waals surface area (Å²) in [6, 6.07) is 15.8. The van der Waals surface area contributed by atoms with Crippen LogP contribution in [0.3, 0.4) is 0 Å². The van der Waals surface area contributed by atoms with Gasteiger partial charge in [0.15, 0.2) is 0 Å². The topological polar surface area (TPSA) is 72.9 Å². The van der Waals surface area contributed by atoms with Crippen LogP contribution in [0.4, 0.5) is 0 Å². The highest BCUT2D eigenvalue weighted by molar-refractivity contribution is 7.09. The summed E-state index contributed by atoms with van der Waals surface area (Å²) in [6.07, 6.45) is 0. The van der Waals surface area contributed by atoms with Gasteiger partial charge in [-0.1, -0.05) is 17.7 Å². The van der Waals surface area contributed by atoms with Gasteiger partial charge in [-0.25, -0.2) is 9.59 Å². The van der Waals surface area contributed by atoms with E-state index in [0.29, 0.717) is 51.5 Å². The Labute approximate surface area is 196 Å². The number of benzene rings is 2. The Balaban J connectivity index is 1.51. The van der Waals surface area contributed by atoms with Crippen molar-refractivity contribution < 1.29 is 13.6 Å². The fourth-order valence-electron chi connectivity index (χ4n) is 4.21. The zero-order chi connectivity index (χ0) is 22.5. The molecule has 1 aliphatic rings. The van der Waals surface area contributed by atoms with Crippen LogP contribution < -0.4 is 16.0 Å². The van der Waals surface area contributed by atoms with Crippen LogP contribution in [-0.4, -0.2) is 11.6 Å². The molecule has 0 bridgehead atoms. The third-order valence-electron chi connectivity index (χ3n) is 5.70. The number of hydrogen-bond acceptors (Lipinski definition) is 7. The molecule has 0 spiro atoms. The first-order valence-corrected chi connectivity index (χ1v) is 11.5. The van der Waals surface area contributed by atoms with Gasteiger partial charge in [0.1, 0.15) is 23.6 Å². The predicted molar refractivity (Wildman–Crippen MR) is 128 cm³/mol. The fraction of sp³-hybridized carbons (Fsp3) is 0.120. The van der Waals surface area contributed by atoms with Crippen LogP contribution in [0.5, 0.6) is 5.75 Å². The van der Waals surface area contributed by atoms with E-state index >= 15 is 0 Å². The predicted octanol–water partition coefficient (Wildman–Crippen LogP) is 5.63. The van der Waals surface area contributed by atoms with E-state index in [0.717, 1.165) is 12.1 Å². The Morgan fingerprint density at radius 2 is 1.91 bits per heavy atom. The first kappa shape index (κ1) is 20.2. The molecule has 3 aromatic heterocycles. The number of hydrogen-bond donors (Lipinski definition) is 0. The molecule has 0 radical (unpaired) electrons. The first-order valence-electron chi connectivity index (χ1n) is 10.3. The number of fused-ring (bicyclic) bond motifs is 4. The quantitative estimate of drug-likeness (QED) is 0.313. The van der Waals surface area contributed by atoms with Crippen molar-refractivity contribution in [3.63, 3.8) is 0 Å². The van der Waals surface area contributed by atoms with Gasteiger partial charge >= 0.3 is 11.3 Å². The van der Waals surface area contributed by atoms with E-state index in [1.807, 2.05) is 23.6 Å². The molecule has 0 amide bonds. The van der Waals surface area contributed by atoms with Crippen molar-refractivity contribution in [2.24, 2.45) is 0 Å². The van der Waals surface area contributed by atoms with Gasteiger partial charge in [0.05, 0.1) is 11.1 Å². The Morgan fingerprint density at radius 1 is 1.00 bits per heavy atom. The Hall–Kier alpha value is -3.39. The smallest absolute Gasteiger partial charge is 0.344 e. The van der Waals surface area contributed by atoms with Crippen molar-refractivity contribution in [2.45, 2.75) is 13.1 Å². The molecule has 6 nitrogen and oxygen atoms in total. The third kappa shape index (κ3) is 3.64. The van der Waals surface area contributed by atoms with Crippen LogP contribution in [-0.2, 0) is 13.1 Å². The minimum Gasteiger partial charge on any atom is -0.478 e. The van der Waals surface area contributed by atoms with Gasteiger partial charge in [0.2, 0.25) is 0 Å². The number of halogens is 1. The van der Waals surface area contributed by atoms with E-state index in [1.54, 1.807) is 35.6 Å². The molecule has 33 heavy (non-hydrogen) atoms. The van der Waals surface area contributed by atoms with E-state index in [4.69, 9.17) is 25.2 Å². The minimum absolute atomic E-state index is 0.273. The molecule has 0 atom stereocenters. The molecular weight excluding hydrogens is 462 g/mol. The third-order valence-corrected chi connectivity index (χ3v) is 6.80. The van der Waals surface area contributed by atoms with Gasteiger partial charge < -0.3 is 13.6 Å². The largest absolute Gasteiger partial charge is 0.478 e. The molecule has 0 N–H and O–H groups in total. The molecule has 0 aliphatic carbocycles. The van der Waals surface area contributed by atoms with Gasteiger partial charge in [0, 0.05) is 45.4 Å². The van der Waals surface area contributed by atoms with E-state index in [-0.39, 0.29) is 5.56 Å². The number of rotatable bonds is 3. The average molecular weight is 478 g/mol. The van der Waals surface area contributed by atoms with Crippen LogP contribution >= 0.6 is 22.9 Å². The van der Waals surface area contributed by atoms with E-state index in [2.05, 4.69) is 11.0 Å². The summed E-state index contributed by atoms with van der Waals surface area (Å²) < 4.78 is 17.1. The summed E-state index contributed by atoms with van der Waals surface area (Å²) in [5, 5.41) is 3.87. The molecule has 2 aromatic carbocycles. The number of nitrogens with zero attached hydrogens (tertiary/aromatic N) is 1. The standard InChI is InChI=1S/C25H16ClNO5S/c26-15-3-5-21-14(8-15)9-19(25(29)31-21)18-10-23(28)32-24-17(18)4-6-22-20(24)12-27(13-30-22)11-16-2-1-7-33-16/h1-10H,11-13H2. The molecule has 0 saturated heterocycles. The zero-order valence-corrected chi connectivity index (χ0v) is 18.7. The second-order valence-corrected chi connectivity index (χ2v) is 9.34. The van der Waals surface area contributed by atoms with Crippen LogP contribution in [0.1, 0.15) is 10.4 Å². The SMILES string of the molecule is O=c1cc(-c2cc3cc(Cl)ccc3oc2=O)c2ccc3c(c2o1)CN(Cc1cccs1)CO3. The Kier molecular flexibility index (Phi) is 4.83. The van der Waals surface area contributed by atoms with Gasteiger partial charge in [-0.15, -0.1) is 11.3 Å². The molecular formula is C25H16ClNO5S. The Morgan fingerprint density at radius 3 is 2.76 bits per heavy atom. The van der Waals surface area contributed by atoms with Crippen molar-refractivity contribution in [1.29, 1.82) is 0 Å². The van der Waals surface area contributed by atoms with Crippen LogP contribution in [0.15, 0.2) is 78.4 Å². The highest BCUT2D eigenvalue weighted by atomic mass is 35.5. The van der Waals surface area contributed by atoms with Crippen LogP contribution in [0.25, 0.3) is 33.1 Å². The van der Waals surface area contributed by atoms with Crippen molar-refractivity contribution in [2.75, 3.05) is 6.73 Å².